The van der Waals surface area contributed by atoms with Gasteiger partial charge in [-0.3, -0.25) is 0 Å². The van der Waals surface area contributed by atoms with Gasteiger partial charge in [0.05, 0.1) is 7.11 Å². The third-order valence-corrected chi connectivity index (χ3v) is 8.47. The summed E-state index contributed by atoms with van der Waals surface area (Å²) in [7, 11) is -3.16. The van der Waals surface area contributed by atoms with E-state index in [4.69, 9.17) is 18.6 Å². The summed E-state index contributed by atoms with van der Waals surface area (Å²) in [6.07, 6.45) is 0. The number of rotatable bonds is 5. The molecule has 0 aliphatic carbocycles. The Bertz CT molecular complexity index is 537. The predicted molar refractivity (Wildman–Crippen MR) is 86.0 cm³/mol. The monoisotopic (exact) mass is 331 g/mol. The molecule has 0 spiro atoms. The fourth-order valence-electron chi connectivity index (χ4n) is 1.54. The van der Waals surface area contributed by atoms with Crippen LogP contribution in [0.4, 0.5) is 0 Å². The standard InChI is InChI=1S/C14H23O5PSi/c1-10-8-11(18-20(15)16)9-12(17-5)13(10)19-21(6,7)14(2,3)4/h8-9H,1-7H3/p+1. The molecule has 118 valence electrons. The Labute approximate surface area is 128 Å². The van der Waals surface area contributed by atoms with Crippen molar-refractivity contribution in [2.24, 2.45) is 0 Å². The van der Waals surface area contributed by atoms with Crippen molar-refractivity contribution in [3.05, 3.63) is 17.7 Å². The van der Waals surface area contributed by atoms with E-state index in [9.17, 15) is 4.57 Å². The maximum Gasteiger partial charge on any atom is 0.747 e. The average molecular weight is 331 g/mol. The number of ether oxygens (including phenoxy) is 1. The highest BCUT2D eigenvalue weighted by Gasteiger charge is 2.40. The molecule has 0 radical (unpaired) electrons. The quantitative estimate of drug-likeness (QED) is 0.639. The Morgan fingerprint density at radius 3 is 2.24 bits per heavy atom. The first-order valence-corrected chi connectivity index (χ1v) is 10.7. The van der Waals surface area contributed by atoms with Crippen LogP contribution in [0.1, 0.15) is 26.3 Å². The van der Waals surface area contributed by atoms with Crippen LogP contribution in [-0.2, 0) is 4.57 Å². The lowest BCUT2D eigenvalue weighted by Crippen LogP contribution is -2.44. The maximum atomic E-state index is 10.8. The van der Waals surface area contributed by atoms with Crippen LogP contribution in [-0.4, -0.2) is 20.3 Å². The molecular formula is C14H24O5PSi+. The maximum absolute atomic E-state index is 10.8. The number of hydrogen-bond acceptors (Lipinski definition) is 4. The van der Waals surface area contributed by atoms with Gasteiger partial charge >= 0.3 is 8.25 Å². The first-order chi connectivity index (χ1) is 9.48. The first kappa shape index (κ1) is 17.9. The van der Waals surface area contributed by atoms with Crippen LogP contribution in [0.2, 0.25) is 18.1 Å². The third kappa shape index (κ3) is 4.43. The van der Waals surface area contributed by atoms with Crippen LogP contribution in [0.25, 0.3) is 0 Å². The molecule has 1 atom stereocenters. The summed E-state index contributed by atoms with van der Waals surface area (Å²) in [5.41, 5.74) is 0.811. The number of hydrogen-bond donors (Lipinski definition) is 1. The molecule has 7 heteroatoms. The normalized spacial score (nSPS) is 12.9. The van der Waals surface area contributed by atoms with Crippen molar-refractivity contribution in [2.75, 3.05) is 7.11 Å². The van der Waals surface area contributed by atoms with Crippen LogP contribution in [0.3, 0.4) is 0 Å². The summed E-state index contributed by atoms with van der Waals surface area (Å²) in [5.74, 6) is 1.46. The molecule has 0 aromatic heterocycles. The highest BCUT2D eigenvalue weighted by molar-refractivity contribution is 7.32. The van der Waals surface area contributed by atoms with E-state index >= 15 is 0 Å². The van der Waals surface area contributed by atoms with Gasteiger partial charge in [0, 0.05) is 10.6 Å². The SMILES string of the molecule is COc1cc(O[P+](=O)O)cc(C)c1O[Si](C)(C)C(C)(C)C. The van der Waals surface area contributed by atoms with Gasteiger partial charge < -0.3 is 9.16 Å². The van der Waals surface area contributed by atoms with Gasteiger partial charge in [0.15, 0.2) is 11.5 Å². The lowest BCUT2D eigenvalue weighted by atomic mass is 10.2. The van der Waals surface area contributed by atoms with E-state index in [1.54, 1.807) is 12.1 Å². The van der Waals surface area contributed by atoms with E-state index in [-0.39, 0.29) is 10.8 Å². The Kier molecular flexibility index (Phi) is 5.42. The highest BCUT2D eigenvalue weighted by Crippen LogP contribution is 2.43. The van der Waals surface area contributed by atoms with Crippen molar-refractivity contribution in [3.63, 3.8) is 0 Å². The smallest absolute Gasteiger partial charge is 0.541 e. The highest BCUT2D eigenvalue weighted by atomic mass is 31.1. The topological polar surface area (TPSA) is 65.0 Å². The molecule has 0 heterocycles. The van der Waals surface area contributed by atoms with Gasteiger partial charge in [0.25, 0.3) is 8.32 Å². The molecule has 0 fully saturated rings. The van der Waals surface area contributed by atoms with E-state index in [0.29, 0.717) is 11.5 Å². The number of benzene rings is 1. The minimum absolute atomic E-state index is 0.0636. The summed E-state index contributed by atoms with van der Waals surface area (Å²) in [6, 6.07) is 3.24. The van der Waals surface area contributed by atoms with Gasteiger partial charge in [-0.15, -0.1) is 4.89 Å². The summed E-state index contributed by atoms with van der Waals surface area (Å²) in [4.78, 5) is 8.84. The zero-order chi connectivity index (χ0) is 16.4. The summed E-state index contributed by atoms with van der Waals surface area (Å²) in [6.45, 7) is 12.7. The van der Waals surface area contributed by atoms with Gasteiger partial charge in [-0.2, -0.15) is 0 Å². The molecule has 0 amide bonds. The van der Waals surface area contributed by atoms with Gasteiger partial charge in [-0.25, -0.2) is 4.52 Å². The van der Waals surface area contributed by atoms with Gasteiger partial charge in [-0.1, -0.05) is 20.8 Å². The van der Waals surface area contributed by atoms with Crippen molar-refractivity contribution in [1.82, 2.24) is 0 Å². The van der Waals surface area contributed by atoms with Crippen molar-refractivity contribution >= 4 is 16.6 Å². The Morgan fingerprint density at radius 2 is 1.81 bits per heavy atom. The molecule has 0 bridgehead atoms. The fraction of sp³-hybridized carbons (Fsp3) is 0.571. The molecule has 1 rings (SSSR count). The van der Waals surface area contributed by atoms with Crippen LogP contribution >= 0.6 is 8.25 Å². The van der Waals surface area contributed by atoms with Crippen molar-refractivity contribution in [1.29, 1.82) is 0 Å². The largest absolute Gasteiger partial charge is 0.747 e. The lowest BCUT2D eigenvalue weighted by molar-refractivity contribution is 0.378. The third-order valence-electron chi connectivity index (χ3n) is 3.78. The van der Waals surface area contributed by atoms with Crippen molar-refractivity contribution in [3.8, 4) is 17.2 Å². The van der Waals surface area contributed by atoms with E-state index in [1.165, 1.54) is 7.11 Å². The Hall–Kier alpha value is -1.10. The number of methoxy groups -OCH3 is 1. The average Bonchev–Trinajstić information content (AvgIpc) is 2.29. The molecule has 0 saturated carbocycles. The molecule has 1 aromatic carbocycles. The van der Waals surface area contributed by atoms with E-state index < -0.39 is 16.6 Å². The zero-order valence-electron chi connectivity index (χ0n) is 13.7. The van der Waals surface area contributed by atoms with Gasteiger partial charge in [0.1, 0.15) is 5.75 Å². The van der Waals surface area contributed by atoms with E-state index in [1.807, 2.05) is 6.92 Å². The molecule has 0 aliphatic rings. The predicted octanol–water partition coefficient (Wildman–Crippen LogP) is 4.42. The molecule has 0 saturated heterocycles. The minimum atomic E-state index is -2.70. The molecule has 5 nitrogen and oxygen atoms in total. The van der Waals surface area contributed by atoms with Crippen molar-refractivity contribution in [2.45, 2.75) is 45.8 Å². The minimum Gasteiger partial charge on any atom is -0.541 e. The molecule has 1 aromatic rings. The fourth-order valence-corrected chi connectivity index (χ4v) is 2.91. The lowest BCUT2D eigenvalue weighted by Gasteiger charge is -2.37. The van der Waals surface area contributed by atoms with Crippen LogP contribution in [0, 0.1) is 6.92 Å². The first-order valence-electron chi connectivity index (χ1n) is 6.69. The second-order valence-corrected chi connectivity index (χ2v) is 11.8. The molecule has 21 heavy (non-hydrogen) atoms. The molecule has 1 N–H and O–H groups in total. The molecule has 0 aliphatic heterocycles. The zero-order valence-corrected chi connectivity index (χ0v) is 15.6. The molecular weight excluding hydrogens is 307 g/mol. The Balaban J connectivity index is 3.22. The summed E-state index contributed by atoms with van der Waals surface area (Å²) in [5, 5.41) is 0.0636. The Morgan fingerprint density at radius 1 is 1.24 bits per heavy atom. The van der Waals surface area contributed by atoms with Crippen LogP contribution in [0.5, 0.6) is 17.2 Å². The van der Waals surface area contributed by atoms with E-state index in [2.05, 4.69) is 33.9 Å². The van der Waals surface area contributed by atoms with Gasteiger partial charge in [-0.05, 0) is 36.7 Å². The van der Waals surface area contributed by atoms with Crippen molar-refractivity contribution < 1.29 is 23.1 Å². The second kappa shape index (κ2) is 6.34. The van der Waals surface area contributed by atoms with Gasteiger partial charge in [0.2, 0.25) is 0 Å². The van der Waals surface area contributed by atoms with E-state index in [0.717, 1.165) is 5.56 Å². The summed E-state index contributed by atoms with van der Waals surface area (Å²) >= 11 is 0. The van der Waals surface area contributed by atoms with Crippen LogP contribution < -0.4 is 13.7 Å². The number of aryl methyl sites for hydroxylation is 1. The summed E-state index contributed by atoms with van der Waals surface area (Å²) < 4.78 is 27.3. The molecule has 1 unspecified atom stereocenters. The van der Waals surface area contributed by atoms with Crippen LogP contribution in [0.15, 0.2) is 12.1 Å². The second-order valence-electron chi connectivity index (χ2n) is 6.46.